The van der Waals surface area contributed by atoms with Crippen molar-refractivity contribution in [3.63, 3.8) is 0 Å². The summed E-state index contributed by atoms with van der Waals surface area (Å²) in [4.78, 5) is 21.5. The summed E-state index contributed by atoms with van der Waals surface area (Å²) in [5.74, 6) is 1.58. The lowest BCUT2D eigenvalue weighted by molar-refractivity contribution is -0.114. The number of benzene rings is 1. The van der Waals surface area contributed by atoms with Gasteiger partial charge in [-0.15, -0.1) is 11.8 Å². The van der Waals surface area contributed by atoms with Gasteiger partial charge >= 0.3 is 0 Å². The molecule has 0 unspecified atom stereocenters. The number of fused-ring (bicyclic) bond motifs is 2. The lowest BCUT2D eigenvalue weighted by atomic mass is 9.92. The minimum absolute atomic E-state index is 0.0357. The average molecular weight is 497 g/mol. The van der Waals surface area contributed by atoms with Crippen LogP contribution in [0.3, 0.4) is 0 Å². The number of aliphatic hydroxyl groups is 2. The third-order valence-corrected chi connectivity index (χ3v) is 7.46. The molecule has 184 valence electrons. The molecule has 2 aromatic heterocycles. The number of ether oxygens (including phenoxy) is 2. The van der Waals surface area contributed by atoms with Crippen LogP contribution in [-0.2, 0) is 16.1 Å². The largest absolute Gasteiger partial charge is 0.495 e. The molecule has 35 heavy (non-hydrogen) atoms. The first kappa shape index (κ1) is 24.0. The highest BCUT2D eigenvalue weighted by atomic mass is 32.2. The first-order valence-corrected chi connectivity index (χ1v) is 12.6. The Morgan fingerprint density at radius 3 is 2.97 bits per heavy atom. The second kappa shape index (κ2) is 10.5. The van der Waals surface area contributed by atoms with Crippen LogP contribution in [0.25, 0.3) is 10.9 Å². The molecule has 1 amide bonds. The number of aliphatic hydroxyl groups excluding tert-OH is 2. The van der Waals surface area contributed by atoms with E-state index in [2.05, 4.69) is 20.6 Å². The van der Waals surface area contributed by atoms with Gasteiger partial charge in [-0.05, 0) is 42.7 Å². The first-order chi connectivity index (χ1) is 17.0. The van der Waals surface area contributed by atoms with Gasteiger partial charge in [-0.1, -0.05) is 12.1 Å². The number of nitrogens with zero attached hydrogens (tertiary/aromatic N) is 2. The van der Waals surface area contributed by atoms with E-state index in [9.17, 15) is 15.0 Å². The molecular formula is C25H28N4O5S. The summed E-state index contributed by atoms with van der Waals surface area (Å²) in [5, 5.41) is 28.9. The molecule has 0 aliphatic carbocycles. The van der Waals surface area contributed by atoms with Gasteiger partial charge in [0.2, 0.25) is 5.91 Å². The minimum Gasteiger partial charge on any atom is -0.495 e. The average Bonchev–Trinajstić information content (AvgIpc) is 2.90. The van der Waals surface area contributed by atoms with E-state index < -0.39 is 18.3 Å². The van der Waals surface area contributed by atoms with Crippen LogP contribution in [0.4, 0.5) is 5.82 Å². The van der Waals surface area contributed by atoms with Crippen LogP contribution in [0.15, 0.2) is 47.5 Å². The van der Waals surface area contributed by atoms with Crippen molar-refractivity contribution in [2.45, 2.75) is 48.6 Å². The Morgan fingerprint density at radius 2 is 2.17 bits per heavy atom. The van der Waals surface area contributed by atoms with Crippen molar-refractivity contribution < 1.29 is 24.5 Å². The highest BCUT2D eigenvalue weighted by Crippen LogP contribution is 2.32. The van der Waals surface area contributed by atoms with Gasteiger partial charge in [-0.2, -0.15) is 0 Å². The molecule has 0 bridgehead atoms. The summed E-state index contributed by atoms with van der Waals surface area (Å²) in [6.45, 7) is 0.958. The van der Waals surface area contributed by atoms with Crippen LogP contribution in [-0.4, -0.2) is 63.8 Å². The zero-order chi connectivity index (χ0) is 24.4. The number of pyridine rings is 2. The van der Waals surface area contributed by atoms with Gasteiger partial charge in [0.15, 0.2) is 0 Å². The molecule has 4 atom stereocenters. The fraction of sp³-hybridized carbons (Fsp3) is 0.400. The molecule has 0 saturated carbocycles. The number of hydrogen-bond acceptors (Lipinski definition) is 9. The van der Waals surface area contributed by atoms with Gasteiger partial charge in [-0.25, -0.2) is 4.98 Å². The molecule has 3 aromatic rings. The lowest BCUT2D eigenvalue weighted by Crippen LogP contribution is -2.45. The highest BCUT2D eigenvalue weighted by Gasteiger charge is 2.33. The fourth-order valence-electron chi connectivity index (χ4n) is 4.46. The molecule has 0 radical (unpaired) electrons. The van der Waals surface area contributed by atoms with Crippen LogP contribution < -0.4 is 15.4 Å². The van der Waals surface area contributed by atoms with Gasteiger partial charge in [0.1, 0.15) is 23.8 Å². The maximum absolute atomic E-state index is 11.6. The number of carbonyl (C=O) groups is 1. The second-order valence-electron chi connectivity index (χ2n) is 8.74. The number of methoxy groups -OCH3 is 1. The van der Waals surface area contributed by atoms with E-state index in [1.54, 1.807) is 19.4 Å². The summed E-state index contributed by atoms with van der Waals surface area (Å²) >= 11 is 1.49. The number of carbonyl (C=O) groups excluding carboxylic acids is 1. The van der Waals surface area contributed by atoms with E-state index in [0.717, 1.165) is 27.9 Å². The van der Waals surface area contributed by atoms with Gasteiger partial charge in [0, 0.05) is 18.0 Å². The Morgan fingerprint density at radius 1 is 1.29 bits per heavy atom. The van der Waals surface area contributed by atoms with Crippen molar-refractivity contribution in [3.05, 3.63) is 53.9 Å². The Labute approximate surface area is 207 Å². The van der Waals surface area contributed by atoms with Gasteiger partial charge in [0.25, 0.3) is 0 Å². The van der Waals surface area contributed by atoms with E-state index in [4.69, 9.17) is 9.47 Å². The summed E-state index contributed by atoms with van der Waals surface area (Å²) in [5.41, 5.74) is 2.15. The zero-order valence-electron chi connectivity index (χ0n) is 19.3. The van der Waals surface area contributed by atoms with E-state index >= 15 is 0 Å². The zero-order valence-corrected chi connectivity index (χ0v) is 20.1. The van der Waals surface area contributed by atoms with E-state index in [-0.39, 0.29) is 11.9 Å². The molecule has 4 N–H and O–H groups in total. The smallest absolute Gasteiger partial charge is 0.235 e. The lowest BCUT2D eigenvalue weighted by Gasteiger charge is -2.34. The number of thioether (sulfide) groups is 1. The van der Waals surface area contributed by atoms with Crippen LogP contribution in [0.5, 0.6) is 5.75 Å². The van der Waals surface area contributed by atoms with Crippen LogP contribution in [0.2, 0.25) is 0 Å². The van der Waals surface area contributed by atoms with E-state index in [0.29, 0.717) is 42.5 Å². The van der Waals surface area contributed by atoms with Crippen molar-refractivity contribution in [2.24, 2.45) is 0 Å². The molecule has 4 heterocycles. The molecule has 2 aliphatic heterocycles. The van der Waals surface area contributed by atoms with Crippen molar-refractivity contribution >= 4 is 34.4 Å². The maximum atomic E-state index is 11.6. The van der Waals surface area contributed by atoms with E-state index in [1.165, 1.54) is 11.8 Å². The molecular weight excluding hydrogens is 468 g/mol. The first-order valence-electron chi connectivity index (χ1n) is 11.6. The topological polar surface area (TPSA) is 126 Å². The minimum atomic E-state index is -1.12. The monoisotopic (exact) mass is 496 g/mol. The second-order valence-corrected chi connectivity index (χ2v) is 9.75. The molecule has 10 heteroatoms. The van der Waals surface area contributed by atoms with Gasteiger partial charge in [-0.3, -0.25) is 9.78 Å². The number of aromatic nitrogens is 2. The molecule has 1 fully saturated rings. The Kier molecular flexibility index (Phi) is 7.17. The third kappa shape index (κ3) is 5.26. The summed E-state index contributed by atoms with van der Waals surface area (Å²) in [6, 6.07) is 11.3. The highest BCUT2D eigenvalue weighted by molar-refractivity contribution is 8.00. The number of amides is 1. The normalized spacial score (nSPS) is 21.7. The van der Waals surface area contributed by atoms with Crippen molar-refractivity contribution in [1.82, 2.24) is 15.3 Å². The molecule has 5 rings (SSSR count). The summed E-state index contributed by atoms with van der Waals surface area (Å²) < 4.78 is 11.2. The summed E-state index contributed by atoms with van der Waals surface area (Å²) in [6.07, 6.45) is 0.349. The Bertz CT molecular complexity index is 1220. The Balaban J connectivity index is 1.17. The number of anilines is 1. The predicted octanol–water partition coefficient (Wildman–Crippen LogP) is 2.41. The summed E-state index contributed by atoms with van der Waals surface area (Å²) in [7, 11) is 1.57. The van der Waals surface area contributed by atoms with Crippen molar-refractivity contribution in [2.75, 3.05) is 24.8 Å². The van der Waals surface area contributed by atoms with Crippen LogP contribution in [0.1, 0.15) is 30.2 Å². The predicted molar refractivity (Wildman–Crippen MR) is 132 cm³/mol. The SMILES string of the molecule is COc1cnc2cccc([C@@H](O)[C@H](O)[C@@H]3CC[C@@H](NCc4ccc5c(n4)NC(=O)CS5)CO3)c2c1. The fourth-order valence-corrected chi connectivity index (χ4v) is 5.22. The molecule has 2 aliphatic rings. The van der Waals surface area contributed by atoms with Crippen LogP contribution >= 0.6 is 11.8 Å². The molecule has 0 spiro atoms. The maximum Gasteiger partial charge on any atom is 0.235 e. The van der Waals surface area contributed by atoms with Crippen molar-refractivity contribution in [1.29, 1.82) is 0 Å². The molecule has 9 nitrogen and oxygen atoms in total. The quantitative estimate of drug-likeness (QED) is 0.390. The molecule has 1 aromatic carbocycles. The number of nitrogens with one attached hydrogen (secondary N) is 2. The van der Waals surface area contributed by atoms with Gasteiger partial charge < -0.3 is 30.3 Å². The molecule has 1 saturated heterocycles. The Hall–Kier alpha value is -2.76. The number of hydrogen-bond donors (Lipinski definition) is 4. The third-order valence-electron chi connectivity index (χ3n) is 6.41. The number of rotatable bonds is 7. The van der Waals surface area contributed by atoms with E-state index in [1.807, 2.05) is 30.3 Å². The van der Waals surface area contributed by atoms with Crippen LogP contribution in [0, 0.1) is 0 Å². The standard InChI is InChI=1S/C25H28N4O5S/c1-33-16-9-18-17(3-2-4-19(18)27-11-16)23(31)24(32)20-7-5-15(12-34-20)26-10-14-6-8-21-25(28-14)29-22(30)13-35-21/h2-4,6,8-9,11,15,20,23-24,26,31-32H,5,7,10,12-13H2,1H3,(H,28,29,30)/t15-,20+,23-,24-/m1/s1. The van der Waals surface area contributed by atoms with Gasteiger partial charge in [0.05, 0.1) is 47.9 Å². The van der Waals surface area contributed by atoms with Crippen molar-refractivity contribution in [3.8, 4) is 5.75 Å².